The van der Waals surface area contributed by atoms with E-state index in [1.807, 2.05) is 24.4 Å². The molecule has 1 N–H and O–H groups in total. The van der Waals surface area contributed by atoms with Gasteiger partial charge in [0.1, 0.15) is 5.75 Å². The van der Waals surface area contributed by atoms with Crippen molar-refractivity contribution in [2.75, 3.05) is 0 Å². The summed E-state index contributed by atoms with van der Waals surface area (Å²) in [4.78, 5) is 4.58. The third-order valence-electron chi connectivity index (χ3n) is 11.9. The summed E-state index contributed by atoms with van der Waals surface area (Å²) in [5.41, 5.74) is 11.3. The Balaban J connectivity index is 0.000000157. The van der Waals surface area contributed by atoms with Gasteiger partial charge < -0.3 is 5.11 Å². The van der Waals surface area contributed by atoms with E-state index in [1.54, 1.807) is 0 Å². The van der Waals surface area contributed by atoms with E-state index in [0.717, 1.165) is 40.1 Å². The molecule has 0 atom stereocenters. The Kier molecular flexibility index (Phi) is 10.7. The first-order valence-corrected chi connectivity index (χ1v) is 26.9. The van der Waals surface area contributed by atoms with Crippen molar-refractivity contribution in [2.24, 2.45) is 17.8 Å². The molecule has 1 aromatic heterocycles. The van der Waals surface area contributed by atoms with Crippen LogP contribution in [-0.2, 0) is 39.4 Å². The van der Waals surface area contributed by atoms with Gasteiger partial charge in [-0.3, -0.25) is 4.98 Å². The Bertz CT molecular complexity index is 1930. The molecule has 4 aliphatic carbocycles. The number of aryl methyl sites for hydroxylation is 1. The van der Waals surface area contributed by atoms with Crippen LogP contribution < -0.4 is 0 Å². The van der Waals surface area contributed by atoms with Crippen LogP contribution in [0.3, 0.4) is 0 Å². The number of pyridine rings is 1. The van der Waals surface area contributed by atoms with Crippen LogP contribution in [0.25, 0.3) is 22.4 Å². The standard InChI is InChI=1S/C28H29NO.3C7H7.Hf/c1-18-10-24(22-6-2-3-7-23(22)26-8-4-5-9-29-26)27(30)25(11-18)28-15-19-12-20(16-28)14-21(13-19)17-28;3*1-7-5-3-2-4-6-7;/h2-11,19-21,30H,12-17H2,1H3;3*2-6H,1H2;. The van der Waals surface area contributed by atoms with Crippen LogP contribution in [0.15, 0.2) is 152 Å². The fourth-order valence-electron chi connectivity index (χ4n) is 10.1. The SMILES string of the molecule is Cc1cc(-c2ccccc2-c2ccccn2)c(O)c(C23CC4CC(CC(C4)C2)C3)c1.c1ccc([CH2][Hf]([CH2]c2ccccc2)[CH2]c2ccccc2)cc1. The molecule has 52 heavy (non-hydrogen) atoms. The number of phenols is 1. The third-order valence-corrected chi connectivity index (χ3v) is 21.7. The molecule has 1 heterocycles. The Morgan fingerprint density at radius 2 is 1.02 bits per heavy atom. The van der Waals surface area contributed by atoms with E-state index in [-0.39, 0.29) is 5.41 Å². The second-order valence-electron chi connectivity index (χ2n) is 15.9. The van der Waals surface area contributed by atoms with Crippen LogP contribution in [0.1, 0.15) is 66.3 Å². The van der Waals surface area contributed by atoms with Gasteiger partial charge in [-0.25, -0.2) is 0 Å². The van der Waals surface area contributed by atoms with Gasteiger partial charge >= 0.3 is 142 Å². The number of hydrogen-bond donors (Lipinski definition) is 1. The fraction of sp³-hybridized carbons (Fsp3) is 0.286. The van der Waals surface area contributed by atoms with Gasteiger partial charge in [-0.1, -0.05) is 36.4 Å². The summed E-state index contributed by atoms with van der Waals surface area (Å²) in [7, 11) is 0. The molecule has 0 amide bonds. The van der Waals surface area contributed by atoms with E-state index in [2.05, 4.69) is 139 Å². The average molecular weight is 847 g/mol. The van der Waals surface area contributed by atoms with E-state index < -0.39 is 21.4 Å². The molecule has 4 fully saturated rings. The van der Waals surface area contributed by atoms with Crippen LogP contribution in [0.4, 0.5) is 0 Å². The second-order valence-corrected chi connectivity index (χ2v) is 25.1. The molecule has 0 spiro atoms. The van der Waals surface area contributed by atoms with E-state index in [9.17, 15) is 5.11 Å². The van der Waals surface area contributed by atoms with Gasteiger partial charge in [0, 0.05) is 22.9 Å². The Labute approximate surface area is 318 Å². The van der Waals surface area contributed by atoms with Gasteiger partial charge in [0.25, 0.3) is 0 Å². The van der Waals surface area contributed by atoms with Crippen LogP contribution in [0, 0.1) is 24.7 Å². The molecule has 2 nitrogen and oxygen atoms in total. The number of rotatable bonds is 9. The van der Waals surface area contributed by atoms with Gasteiger partial charge in [0.2, 0.25) is 0 Å². The molecule has 261 valence electrons. The van der Waals surface area contributed by atoms with E-state index >= 15 is 0 Å². The van der Waals surface area contributed by atoms with Gasteiger partial charge in [-0.05, 0) is 97.9 Å². The number of nitrogens with zero attached hydrogens (tertiary/aromatic N) is 1. The maximum absolute atomic E-state index is 11.7. The summed E-state index contributed by atoms with van der Waals surface area (Å²) in [6, 6.07) is 51.9. The van der Waals surface area contributed by atoms with Crippen LogP contribution in [-0.4, -0.2) is 10.1 Å². The van der Waals surface area contributed by atoms with Gasteiger partial charge in [0.15, 0.2) is 0 Å². The van der Waals surface area contributed by atoms with Gasteiger partial charge in [-0.15, -0.1) is 0 Å². The first-order valence-electron chi connectivity index (χ1n) is 19.3. The van der Waals surface area contributed by atoms with Crippen molar-refractivity contribution in [3.8, 4) is 28.1 Å². The van der Waals surface area contributed by atoms with Crippen molar-refractivity contribution in [2.45, 2.75) is 63.4 Å². The molecular formula is C49H50HfNO. The summed E-state index contributed by atoms with van der Waals surface area (Å²) >= 11 is -1.74. The molecule has 0 radical (unpaired) electrons. The summed E-state index contributed by atoms with van der Waals surface area (Å²) in [5, 5.41) is 11.7. The Morgan fingerprint density at radius 1 is 0.558 bits per heavy atom. The quantitative estimate of drug-likeness (QED) is 0.147. The summed E-state index contributed by atoms with van der Waals surface area (Å²) in [5.74, 6) is 3.09. The molecule has 0 unspecified atom stereocenters. The number of benzene rings is 5. The van der Waals surface area contributed by atoms with Crippen molar-refractivity contribution < 1.29 is 26.5 Å². The number of aromatic hydroxyl groups is 1. The van der Waals surface area contributed by atoms with Crippen LogP contribution >= 0.6 is 0 Å². The molecule has 10 rings (SSSR count). The number of aromatic nitrogens is 1. The molecule has 5 aromatic carbocycles. The maximum atomic E-state index is 11.7. The van der Waals surface area contributed by atoms with Crippen LogP contribution in [0.2, 0.25) is 0 Å². The van der Waals surface area contributed by atoms with Crippen LogP contribution in [0.5, 0.6) is 5.75 Å². The van der Waals surface area contributed by atoms with Crippen molar-refractivity contribution in [1.29, 1.82) is 0 Å². The zero-order valence-corrected chi connectivity index (χ0v) is 34.0. The second kappa shape index (κ2) is 15.9. The average Bonchev–Trinajstić information content (AvgIpc) is 3.17. The van der Waals surface area contributed by atoms with Gasteiger partial charge in [0.05, 0.1) is 5.69 Å². The molecular weight excluding hydrogens is 797 g/mol. The summed E-state index contributed by atoms with van der Waals surface area (Å²) in [6.07, 6.45) is 9.87. The topological polar surface area (TPSA) is 33.1 Å². The first kappa shape index (κ1) is 35.0. The predicted octanol–water partition coefficient (Wildman–Crippen LogP) is 12.1. The molecule has 0 aliphatic heterocycles. The van der Waals surface area contributed by atoms with E-state index in [4.69, 9.17) is 0 Å². The van der Waals surface area contributed by atoms with Crippen molar-refractivity contribution >= 4 is 0 Å². The first-order chi connectivity index (χ1) is 25.5. The van der Waals surface area contributed by atoms with E-state index in [1.165, 1.54) is 78.9 Å². The molecule has 4 aliphatic rings. The monoisotopic (exact) mass is 848 g/mol. The van der Waals surface area contributed by atoms with Gasteiger partial charge in [-0.2, -0.15) is 0 Å². The molecule has 0 saturated heterocycles. The molecule has 6 aromatic rings. The fourth-order valence-corrected chi connectivity index (χ4v) is 20.2. The summed E-state index contributed by atoms with van der Waals surface area (Å²) < 4.78 is 4.03. The van der Waals surface area contributed by atoms with Crippen molar-refractivity contribution in [3.05, 3.63) is 180 Å². The third kappa shape index (κ3) is 7.96. The minimum absolute atomic E-state index is 0.180. The number of hydrogen-bond acceptors (Lipinski definition) is 2. The Morgan fingerprint density at radius 3 is 1.50 bits per heavy atom. The van der Waals surface area contributed by atoms with Crippen molar-refractivity contribution in [1.82, 2.24) is 4.98 Å². The predicted molar refractivity (Wildman–Crippen MR) is 212 cm³/mol. The normalized spacial score (nSPS) is 21.3. The summed E-state index contributed by atoms with van der Waals surface area (Å²) in [6.45, 7) is 2.18. The van der Waals surface area contributed by atoms with Crippen molar-refractivity contribution in [3.63, 3.8) is 0 Å². The van der Waals surface area contributed by atoms with E-state index in [0.29, 0.717) is 5.75 Å². The zero-order chi connectivity index (χ0) is 35.3. The zero-order valence-electron chi connectivity index (χ0n) is 30.4. The molecule has 3 heteroatoms. The number of phenolic OH excluding ortho intramolecular Hbond substituents is 1. The molecule has 4 bridgehead atoms. The molecule has 4 saturated carbocycles. The Hall–Kier alpha value is -4.08. The minimum atomic E-state index is -1.74.